The summed E-state index contributed by atoms with van der Waals surface area (Å²) in [6.45, 7) is 1.94. The van der Waals surface area contributed by atoms with E-state index in [2.05, 4.69) is 0 Å². The monoisotopic (exact) mass is 170 g/mol. The van der Waals surface area contributed by atoms with Crippen molar-refractivity contribution in [2.24, 2.45) is 0 Å². The Morgan fingerprint density at radius 2 is 1.91 bits per heavy atom. The quantitative estimate of drug-likeness (QED) is 0.677. The van der Waals surface area contributed by atoms with Gasteiger partial charge in [0.2, 0.25) is 0 Å². The fourth-order valence-electron chi connectivity index (χ4n) is 0.988. The standard InChI is InChI=1S/C8H10O2S/c1-2-7-5-3-4-6-8(7)11(9)10/h3-6,11H,2H2,1H3. The summed E-state index contributed by atoms with van der Waals surface area (Å²) >= 11 is 0. The van der Waals surface area contributed by atoms with Gasteiger partial charge in [0.05, 0.1) is 4.90 Å². The minimum absolute atomic E-state index is 0.449. The van der Waals surface area contributed by atoms with Crippen molar-refractivity contribution in [1.82, 2.24) is 0 Å². The van der Waals surface area contributed by atoms with Crippen LogP contribution in [0.25, 0.3) is 0 Å². The van der Waals surface area contributed by atoms with Crippen molar-refractivity contribution < 1.29 is 8.42 Å². The summed E-state index contributed by atoms with van der Waals surface area (Å²) in [6, 6.07) is 7.05. The van der Waals surface area contributed by atoms with Crippen LogP contribution in [0, 0.1) is 0 Å². The molecule has 0 aliphatic heterocycles. The molecule has 1 aromatic rings. The van der Waals surface area contributed by atoms with Gasteiger partial charge in [0.15, 0.2) is 10.7 Å². The number of aryl methyl sites for hydroxylation is 1. The molecule has 11 heavy (non-hydrogen) atoms. The van der Waals surface area contributed by atoms with Crippen LogP contribution in [0.3, 0.4) is 0 Å². The number of hydrogen-bond acceptors (Lipinski definition) is 2. The highest BCUT2D eigenvalue weighted by atomic mass is 32.2. The number of thiol groups is 1. The molecule has 2 nitrogen and oxygen atoms in total. The van der Waals surface area contributed by atoms with E-state index in [1.165, 1.54) is 0 Å². The maximum Gasteiger partial charge on any atom is 0.168 e. The molecule has 0 radical (unpaired) electrons. The first kappa shape index (κ1) is 8.27. The third-order valence-corrected chi connectivity index (χ3v) is 2.40. The lowest BCUT2D eigenvalue weighted by Crippen LogP contribution is -1.88. The lowest BCUT2D eigenvalue weighted by atomic mass is 10.2. The Bertz CT molecular complexity index is 308. The molecule has 0 aromatic heterocycles. The molecule has 0 aliphatic rings. The van der Waals surface area contributed by atoms with Gasteiger partial charge in [-0.2, -0.15) is 0 Å². The molecule has 0 aliphatic carbocycles. The van der Waals surface area contributed by atoms with E-state index in [9.17, 15) is 8.42 Å². The van der Waals surface area contributed by atoms with Gasteiger partial charge in [0.25, 0.3) is 0 Å². The van der Waals surface area contributed by atoms with E-state index in [-0.39, 0.29) is 0 Å². The summed E-state index contributed by atoms with van der Waals surface area (Å²) in [4.78, 5) is 0.449. The van der Waals surface area contributed by atoms with Gasteiger partial charge in [0.1, 0.15) is 0 Å². The lowest BCUT2D eigenvalue weighted by molar-refractivity contribution is 0.613. The second-order valence-electron chi connectivity index (χ2n) is 2.24. The summed E-state index contributed by atoms with van der Waals surface area (Å²) in [5.74, 6) is 0. The Balaban J connectivity index is 3.23. The zero-order valence-electron chi connectivity index (χ0n) is 6.28. The van der Waals surface area contributed by atoms with Crippen LogP contribution in [0.5, 0.6) is 0 Å². The molecule has 1 rings (SSSR count). The van der Waals surface area contributed by atoms with Crippen LogP contribution in [-0.4, -0.2) is 8.42 Å². The van der Waals surface area contributed by atoms with Gasteiger partial charge in [-0.25, -0.2) is 8.42 Å². The smallest absolute Gasteiger partial charge is 0.168 e. The predicted molar refractivity (Wildman–Crippen MR) is 44.4 cm³/mol. The van der Waals surface area contributed by atoms with E-state index in [0.717, 1.165) is 12.0 Å². The number of rotatable bonds is 2. The van der Waals surface area contributed by atoms with E-state index in [4.69, 9.17) is 0 Å². The van der Waals surface area contributed by atoms with Crippen molar-refractivity contribution in [3.63, 3.8) is 0 Å². The second-order valence-corrected chi connectivity index (χ2v) is 3.24. The molecule has 0 unspecified atom stereocenters. The Morgan fingerprint density at radius 3 is 2.36 bits per heavy atom. The molecule has 0 amide bonds. The third-order valence-electron chi connectivity index (χ3n) is 1.57. The van der Waals surface area contributed by atoms with E-state index >= 15 is 0 Å². The van der Waals surface area contributed by atoms with Crippen molar-refractivity contribution in [1.29, 1.82) is 0 Å². The van der Waals surface area contributed by atoms with Crippen LogP contribution in [-0.2, 0) is 17.1 Å². The van der Waals surface area contributed by atoms with Gasteiger partial charge >= 0.3 is 0 Å². The van der Waals surface area contributed by atoms with Gasteiger partial charge < -0.3 is 0 Å². The van der Waals surface area contributed by atoms with Gasteiger partial charge in [-0.05, 0) is 18.1 Å². The van der Waals surface area contributed by atoms with Crippen LogP contribution in [0.2, 0.25) is 0 Å². The summed E-state index contributed by atoms with van der Waals surface area (Å²) in [5.41, 5.74) is 0.892. The fraction of sp³-hybridized carbons (Fsp3) is 0.250. The van der Waals surface area contributed by atoms with Crippen LogP contribution >= 0.6 is 0 Å². The van der Waals surface area contributed by atoms with Gasteiger partial charge in [-0.15, -0.1) is 0 Å². The van der Waals surface area contributed by atoms with Crippen LogP contribution in [0.4, 0.5) is 0 Å². The Hall–Kier alpha value is -0.830. The normalized spacial score (nSPS) is 10.4. The summed E-state index contributed by atoms with van der Waals surface area (Å²) in [5, 5.41) is 0. The highest BCUT2D eigenvalue weighted by Crippen LogP contribution is 2.09. The van der Waals surface area contributed by atoms with Crippen molar-refractivity contribution in [3.05, 3.63) is 29.8 Å². The van der Waals surface area contributed by atoms with Crippen LogP contribution in [0.1, 0.15) is 12.5 Å². The molecule has 0 bridgehead atoms. The Morgan fingerprint density at radius 1 is 1.27 bits per heavy atom. The average molecular weight is 170 g/mol. The molecular weight excluding hydrogens is 160 g/mol. The SMILES string of the molecule is CCc1ccccc1[SH](=O)=O. The summed E-state index contributed by atoms with van der Waals surface area (Å²) in [7, 11) is -2.42. The average Bonchev–Trinajstić information content (AvgIpc) is 2.04. The molecule has 0 saturated heterocycles. The maximum atomic E-state index is 10.6. The third kappa shape index (κ3) is 1.80. The van der Waals surface area contributed by atoms with E-state index < -0.39 is 10.7 Å². The highest BCUT2D eigenvalue weighted by molar-refractivity contribution is 7.72. The van der Waals surface area contributed by atoms with Crippen molar-refractivity contribution in [3.8, 4) is 0 Å². The minimum Gasteiger partial charge on any atom is -0.227 e. The number of benzene rings is 1. The number of hydrogen-bond donors (Lipinski definition) is 1. The summed E-state index contributed by atoms with van der Waals surface area (Å²) < 4.78 is 21.2. The first-order valence-corrected chi connectivity index (χ1v) is 4.65. The second kappa shape index (κ2) is 3.53. The Labute approximate surface area is 67.8 Å². The minimum atomic E-state index is -2.42. The molecule has 60 valence electrons. The molecule has 0 N–H and O–H groups in total. The van der Waals surface area contributed by atoms with E-state index in [1.807, 2.05) is 19.1 Å². The first-order chi connectivity index (χ1) is 5.25. The molecule has 3 heteroatoms. The predicted octanol–water partition coefficient (Wildman–Crippen LogP) is 1.22. The fourth-order valence-corrected chi connectivity index (χ4v) is 1.66. The Kier molecular flexibility index (Phi) is 2.65. The van der Waals surface area contributed by atoms with Crippen molar-refractivity contribution in [2.75, 3.05) is 0 Å². The van der Waals surface area contributed by atoms with Crippen molar-refractivity contribution >= 4 is 10.7 Å². The largest absolute Gasteiger partial charge is 0.227 e. The first-order valence-electron chi connectivity index (χ1n) is 3.48. The zero-order valence-corrected chi connectivity index (χ0v) is 7.17. The lowest BCUT2D eigenvalue weighted by Gasteiger charge is -1.98. The van der Waals surface area contributed by atoms with Crippen molar-refractivity contribution in [2.45, 2.75) is 18.2 Å². The summed E-state index contributed by atoms with van der Waals surface area (Å²) in [6.07, 6.45) is 0.763. The molecular formula is C8H10O2S. The maximum absolute atomic E-state index is 10.6. The van der Waals surface area contributed by atoms with Crippen LogP contribution < -0.4 is 0 Å². The molecule has 0 heterocycles. The zero-order chi connectivity index (χ0) is 8.27. The molecule has 1 aromatic carbocycles. The van der Waals surface area contributed by atoms with E-state index in [1.54, 1.807) is 12.1 Å². The van der Waals surface area contributed by atoms with Gasteiger partial charge in [-0.1, -0.05) is 25.1 Å². The molecule has 0 fully saturated rings. The highest BCUT2D eigenvalue weighted by Gasteiger charge is 1.99. The molecule has 0 saturated carbocycles. The molecule has 0 atom stereocenters. The van der Waals surface area contributed by atoms with Gasteiger partial charge in [0, 0.05) is 0 Å². The van der Waals surface area contributed by atoms with E-state index in [0.29, 0.717) is 4.90 Å². The topological polar surface area (TPSA) is 34.1 Å². The van der Waals surface area contributed by atoms with Crippen LogP contribution in [0.15, 0.2) is 29.2 Å². The van der Waals surface area contributed by atoms with Gasteiger partial charge in [-0.3, -0.25) is 0 Å². The molecule has 0 spiro atoms.